The van der Waals surface area contributed by atoms with Crippen LogP contribution in [-0.4, -0.2) is 29.2 Å². The van der Waals surface area contributed by atoms with Gasteiger partial charge in [-0.3, -0.25) is 4.79 Å². The summed E-state index contributed by atoms with van der Waals surface area (Å²) >= 11 is 0. The fraction of sp³-hybridized carbons (Fsp3) is 0.880. The average Bonchev–Trinajstić information content (AvgIpc) is 2.68. The van der Waals surface area contributed by atoms with Crippen LogP contribution in [0.2, 0.25) is 0 Å². The summed E-state index contributed by atoms with van der Waals surface area (Å²) in [5.74, 6) is 0.174. The van der Waals surface area contributed by atoms with Crippen LogP contribution in [0.15, 0.2) is 12.2 Å². The summed E-state index contributed by atoms with van der Waals surface area (Å²) in [5.41, 5.74) is -0.738. The van der Waals surface area contributed by atoms with E-state index in [9.17, 15) is 9.90 Å². The molecule has 0 spiro atoms. The van der Waals surface area contributed by atoms with Gasteiger partial charge in [0.2, 0.25) is 0 Å². The van der Waals surface area contributed by atoms with Crippen molar-refractivity contribution in [3.63, 3.8) is 0 Å². The first-order valence-electron chi connectivity index (χ1n) is 12.0. The number of Topliss-reactive ketones (excluding diaryl/α,β-unsaturated/α-hetero) is 1. The minimum absolute atomic E-state index is 0.174. The van der Waals surface area contributed by atoms with E-state index < -0.39 is 11.7 Å². The summed E-state index contributed by atoms with van der Waals surface area (Å²) in [5, 5.41) is 9.37. The number of hydrogen-bond acceptors (Lipinski definition) is 3. The van der Waals surface area contributed by atoms with Crippen molar-refractivity contribution in [3.8, 4) is 0 Å². The van der Waals surface area contributed by atoms with E-state index in [-0.39, 0.29) is 12.4 Å². The lowest BCUT2D eigenvalue weighted by Crippen LogP contribution is -2.39. The molecule has 0 aromatic carbocycles. The summed E-state index contributed by atoms with van der Waals surface area (Å²) in [7, 11) is 0. The molecule has 0 saturated carbocycles. The second-order valence-electron chi connectivity index (χ2n) is 8.50. The second-order valence-corrected chi connectivity index (χ2v) is 8.50. The molecule has 1 N–H and O–H groups in total. The molecule has 0 bridgehead atoms. The van der Waals surface area contributed by atoms with Crippen molar-refractivity contribution >= 4 is 5.78 Å². The number of aliphatic hydroxyl groups excluding tert-OH is 1. The number of hydrogen-bond donors (Lipinski definition) is 1. The van der Waals surface area contributed by atoms with Crippen molar-refractivity contribution in [2.24, 2.45) is 0 Å². The maximum absolute atomic E-state index is 12.4. The summed E-state index contributed by atoms with van der Waals surface area (Å²) in [6.07, 6.45) is 21.8. The molecule has 3 heteroatoms. The van der Waals surface area contributed by atoms with Gasteiger partial charge in [-0.05, 0) is 52.4 Å². The Labute approximate surface area is 175 Å². The molecule has 0 aromatic heterocycles. The Morgan fingerprint density at radius 1 is 0.893 bits per heavy atom. The number of allylic oxidation sites excluding steroid dienone is 2. The van der Waals surface area contributed by atoms with E-state index in [4.69, 9.17) is 4.74 Å². The standard InChI is InChI=1S/C25H48O3/c1-5-7-8-9-10-11-12-13-14-15-16-17-18-19-20-21-24(27)25(4,6-2)28-22-23(3)26/h13-14,23,26H,5-12,15-22H2,1-4H3/b14-13-. The minimum Gasteiger partial charge on any atom is -0.391 e. The van der Waals surface area contributed by atoms with Crippen molar-refractivity contribution < 1.29 is 14.6 Å². The molecule has 0 heterocycles. The molecule has 2 unspecified atom stereocenters. The van der Waals surface area contributed by atoms with Gasteiger partial charge in [-0.25, -0.2) is 0 Å². The molecule has 0 aliphatic carbocycles. The first kappa shape index (κ1) is 27.3. The second kappa shape index (κ2) is 18.4. The lowest BCUT2D eigenvalue weighted by atomic mass is 9.93. The Hall–Kier alpha value is -0.670. The Balaban J connectivity index is 3.57. The molecule has 2 atom stereocenters. The Morgan fingerprint density at radius 3 is 1.89 bits per heavy atom. The van der Waals surface area contributed by atoms with Gasteiger partial charge < -0.3 is 9.84 Å². The molecule has 0 radical (unpaired) electrons. The number of ether oxygens (including phenoxy) is 1. The van der Waals surface area contributed by atoms with Crippen molar-refractivity contribution in [2.45, 2.75) is 136 Å². The van der Waals surface area contributed by atoms with E-state index in [2.05, 4.69) is 19.1 Å². The third-order valence-electron chi connectivity index (χ3n) is 5.57. The lowest BCUT2D eigenvalue weighted by molar-refractivity contribution is -0.146. The number of rotatable bonds is 20. The monoisotopic (exact) mass is 396 g/mol. The molecular formula is C25H48O3. The predicted molar refractivity (Wildman–Crippen MR) is 121 cm³/mol. The van der Waals surface area contributed by atoms with Crippen LogP contribution in [0.4, 0.5) is 0 Å². The highest BCUT2D eigenvalue weighted by atomic mass is 16.5. The van der Waals surface area contributed by atoms with Gasteiger partial charge in [0, 0.05) is 6.42 Å². The topological polar surface area (TPSA) is 46.5 Å². The van der Waals surface area contributed by atoms with Crippen molar-refractivity contribution in [1.82, 2.24) is 0 Å². The Morgan fingerprint density at radius 2 is 1.39 bits per heavy atom. The van der Waals surface area contributed by atoms with E-state index in [0.29, 0.717) is 12.8 Å². The number of carbonyl (C=O) groups is 1. The van der Waals surface area contributed by atoms with Crippen LogP contribution in [0, 0.1) is 0 Å². The molecule has 166 valence electrons. The van der Waals surface area contributed by atoms with Crippen LogP contribution in [0.25, 0.3) is 0 Å². The van der Waals surface area contributed by atoms with Gasteiger partial charge in [0.1, 0.15) is 5.60 Å². The number of ketones is 1. The maximum Gasteiger partial charge on any atom is 0.164 e. The van der Waals surface area contributed by atoms with Crippen LogP contribution in [0.1, 0.15) is 124 Å². The summed E-state index contributed by atoms with van der Waals surface area (Å²) < 4.78 is 5.67. The first-order valence-corrected chi connectivity index (χ1v) is 12.0. The fourth-order valence-electron chi connectivity index (χ4n) is 3.30. The van der Waals surface area contributed by atoms with Crippen LogP contribution in [0.5, 0.6) is 0 Å². The fourth-order valence-corrected chi connectivity index (χ4v) is 3.30. The molecule has 0 fully saturated rings. The van der Waals surface area contributed by atoms with Crippen molar-refractivity contribution in [3.05, 3.63) is 12.2 Å². The molecule has 0 saturated heterocycles. The quantitative estimate of drug-likeness (QED) is 0.175. The highest BCUT2D eigenvalue weighted by Gasteiger charge is 2.31. The van der Waals surface area contributed by atoms with Crippen LogP contribution in [-0.2, 0) is 9.53 Å². The minimum atomic E-state index is -0.738. The van der Waals surface area contributed by atoms with Crippen LogP contribution >= 0.6 is 0 Å². The molecule has 0 aliphatic rings. The van der Waals surface area contributed by atoms with Crippen LogP contribution < -0.4 is 0 Å². The third kappa shape index (κ3) is 15.3. The zero-order valence-electron chi connectivity index (χ0n) is 19.3. The smallest absolute Gasteiger partial charge is 0.164 e. The number of aliphatic hydroxyl groups is 1. The van der Waals surface area contributed by atoms with Crippen LogP contribution in [0.3, 0.4) is 0 Å². The summed E-state index contributed by atoms with van der Waals surface area (Å²) in [4.78, 5) is 12.4. The first-order chi connectivity index (χ1) is 13.5. The van der Waals surface area contributed by atoms with Gasteiger partial charge in [0.05, 0.1) is 12.7 Å². The molecule has 0 aliphatic heterocycles. The summed E-state index contributed by atoms with van der Waals surface area (Å²) in [6.45, 7) is 8.00. The van der Waals surface area contributed by atoms with Gasteiger partial charge in [-0.2, -0.15) is 0 Å². The van der Waals surface area contributed by atoms with Gasteiger partial charge in [0.15, 0.2) is 5.78 Å². The Kier molecular flexibility index (Phi) is 17.9. The van der Waals surface area contributed by atoms with E-state index >= 15 is 0 Å². The van der Waals surface area contributed by atoms with E-state index in [1.807, 2.05) is 13.8 Å². The molecule has 3 nitrogen and oxygen atoms in total. The molecule has 0 amide bonds. The van der Waals surface area contributed by atoms with Gasteiger partial charge in [0.25, 0.3) is 0 Å². The predicted octanol–water partition coefficient (Wildman–Crippen LogP) is 7.16. The average molecular weight is 397 g/mol. The maximum atomic E-state index is 12.4. The lowest BCUT2D eigenvalue weighted by Gasteiger charge is -2.28. The zero-order chi connectivity index (χ0) is 21.1. The number of unbranched alkanes of at least 4 members (excludes halogenated alkanes) is 11. The summed E-state index contributed by atoms with van der Waals surface area (Å²) in [6, 6.07) is 0. The van der Waals surface area contributed by atoms with E-state index in [1.54, 1.807) is 6.92 Å². The highest BCUT2D eigenvalue weighted by molar-refractivity contribution is 5.86. The molecule has 28 heavy (non-hydrogen) atoms. The normalized spacial score (nSPS) is 15.0. The van der Waals surface area contributed by atoms with Crippen molar-refractivity contribution in [2.75, 3.05) is 6.61 Å². The zero-order valence-corrected chi connectivity index (χ0v) is 19.3. The largest absolute Gasteiger partial charge is 0.391 e. The van der Waals surface area contributed by atoms with E-state index in [0.717, 1.165) is 12.8 Å². The highest BCUT2D eigenvalue weighted by Crippen LogP contribution is 2.21. The molecular weight excluding hydrogens is 348 g/mol. The van der Waals surface area contributed by atoms with Gasteiger partial charge in [-0.1, -0.05) is 77.4 Å². The Bertz CT molecular complexity index is 389. The third-order valence-corrected chi connectivity index (χ3v) is 5.57. The number of carbonyl (C=O) groups excluding carboxylic acids is 1. The van der Waals surface area contributed by atoms with E-state index in [1.165, 1.54) is 70.6 Å². The van der Waals surface area contributed by atoms with Gasteiger partial charge in [-0.15, -0.1) is 0 Å². The molecule has 0 rings (SSSR count). The molecule has 0 aromatic rings. The van der Waals surface area contributed by atoms with Gasteiger partial charge >= 0.3 is 0 Å². The SMILES string of the molecule is CCCCCCCC/C=C\CCCCCCCC(=O)C(C)(CC)OCC(C)O. The van der Waals surface area contributed by atoms with Crippen molar-refractivity contribution in [1.29, 1.82) is 0 Å².